The summed E-state index contributed by atoms with van der Waals surface area (Å²) in [5, 5.41) is 14.4. The highest BCUT2D eigenvalue weighted by Gasteiger charge is 2.13. The fraction of sp³-hybridized carbons (Fsp3) is 0.222. The Balaban J connectivity index is 2.05. The van der Waals surface area contributed by atoms with Gasteiger partial charge in [-0.15, -0.1) is 0 Å². The van der Waals surface area contributed by atoms with E-state index in [9.17, 15) is 4.79 Å². The third-order valence-electron chi connectivity index (χ3n) is 3.30. The summed E-state index contributed by atoms with van der Waals surface area (Å²) in [6.07, 6.45) is 0. The summed E-state index contributed by atoms with van der Waals surface area (Å²) < 4.78 is 0. The number of hydrogen-bond acceptors (Lipinski definition) is 2. The molecule has 0 saturated carbocycles. The van der Waals surface area contributed by atoms with E-state index in [0.29, 0.717) is 16.9 Å². The number of rotatable bonds is 2. The van der Waals surface area contributed by atoms with Crippen LogP contribution < -0.4 is 10.6 Å². The minimum Gasteiger partial charge on any atom is -0.308 e. The van der Waals surface area contributed by atoms with Crippen LogP contribution in [0.3, 0.4) is 0 Å². The first-order chi connectivity index (χ1) is 10.4. The largest absolute Gasteiger partial charge is 0.323 e. The minimum atomic E-state index is -0.369. The fourth-order valence-corrected chi connectivity index (χ4v) is 2.03. The van der Waals surface area contributed by atoms with Gasteiger partial charge in [0.1, 0.15) is 6.07 Å². The van der Waals surface area contributed by atoms with Crippen LogP contribution in [0.4, 0.5) is 16.2 Å². The Morgan fingerprint density at radius 2 is 1.64 bits per heavy atom. The van der Waals surface area contributed by atoms with Gasteiger partial charge in [-0.05, 0) is 35.2 Å². The smallest absolute Gasteiger partial charge is 0.308 e. The normalized spacial score (nSPS) is 10.6. The van der Waals surface area contributed by atoms with Crippen LogP contribution in [0.15, 0.2) is 48.5 Å². The van der Waals surface area contributed by atoms with Crippen LogP contribution in [0.1, 0.15) is 31.9 Å². The second-order valence-electron chi connectivity index (χ2n) is 6.06. The number of para-hydroxylation sites is 1. The number of urea groups is 1. The number of anilines is 2. The molecular formula is C18H19N3O. The third-order valence-corrected chi connectivity index (χ3v) is 3.30. The Morgan fingerprint density at radius 3 is 2.23 bits per heavy atom. The number of nitriles is 1. The second-order valence-corrected chi connectivity index (χ2v) is 6.06. The molecule has 0 heterocycles. The van der Waals surface area contributed by atoms with E-state index < -0.39 is 0 Å². The number of carbonyl (C=O) groups is 1. The molecule has 4 heteroatoms. The first kappa shape index (κ1) is 15.6. The Kier molecular flexibility index (Phi) is 4.47. The molecule has 0 aliphatic carbocycles. The molecule has 0 fully saturated rings. The zero-order chi connectivity index (χ0) is 16.2. The second kappa shape index (κ2) is 6.31. The van der Waals surface area contributed by atoms with Gasteiger partial charge in [-0.25, -0.2) is 4.79 Å². The average Bonchev–Trinajstić information content (AvgIpc) is 2.47. The van der Waals surface area contributed by atoms with E-state index in [1.807, 2.05) is 30.3 Å². The molecule has 0 bridgehead atoms. The SMILES string of the molecule is CC(C)(C)c1ccc(NC(=O)Nc2ccccc2C#N)cc1. The lowest BCUT2D eigenvalue weighted by Crippen LogP contribution is -2.20. The van der Waals surface area contributed by atoms with E-state index >= 15 is 0 Å². The Hall–Kier alpha value is -2.80. The molecule has 0 aromatic heterocycles. The van der Waals surface area contributed by atoms with Gasteiger partial charge in [0, 0.05) is 5.69 Å². The van der Waals surface area contributed by atoms with Crippen molar-refractivity contribution in [1.29, 1.82) is 5.26 Å². The third kappa shape index (κ3) is 3.86. The van der Waals surface area contributed by atoms with Crippen molar-refractivity contribution < 1.29 is 4.79 Å². The predicted molar refractivity (Wildman–Crippen MR) is 88.9 cm³/mol. The maximum Gasteiger partial charge on any atom is 0.323 e. The number of carbonyl (C=O) groups excluding carboxylic acids is 1. The van der Waals surface area contributed by atoms with Gasteiger partial charge in [-0.3, -0.25) is 0 Å². The van der Waals surface area contributed by atoms with Crippen LogP contribution in [0.5, 0.6) is 0 Å². The van der Waals surface area contributed by atoms with Gasteiger partial charge in [-0.2, -0.15) is 5.26 Å². The monoisotopic (exact) mass is 293 g/mol. The average molecular weight is 293 g/mol. The molecule has 112 valence electrons. The summed E-state index contributed by atoms with van der Waals surface area (Å²) in [5.74, 6) is 0. The van der Waals surface area contributed by atoms with Crippen LogP contribution >= 0.6 is 0 Å². The molecule has 4 nitrogen and oxygen atoms in total. The molecule has 0 spiro atoms. The number of nitrogens with zero attached hydrogens (tertiary/aromatic N) is 1. The fourth-order valence-electron chi connectivity index (χ4n) is 2.03. The van der Waals surface area contributed by atoms with Crippen LogP contribution in [0.25, 0.3) is 0 Å². The van der Waals surface area contributed by atoms with E-state index in [0.717, 1.165) is 0 Å². The molecule has 0 unspecified atom stereocenters. The van der Waals surface area contributed by atoms with Crippen molar-refractivity contribution >= 4 is 17.4 Å². The maximum atomic E-state index is 12.0. The lowest BCUT2D eigenvalue weighted by molar-refractivity contribution is 0.262. The molecule has 2 rings (SSSR count). The van der Waals surface area contributed by atoms with Gasteiger partial charge in [0.25, 0.3) is 0 Å². The first-order valence-corrected chi connectivity index (χ1v) is 7.08. The predicted octanol–water partition coefficient (Wildman–Crippen LogP) is 4.50. The zero-order valence-corrected chi connectivity index (χ0v) is 13.0. The molecular weight excluding hydrogens is 274 g/mol. The lowest BCUT2D eigenvalue weighted by atomic mass is 9.87. The van der Waals surface area contributed by atoms with Crippen molar-refractivity contribution in [3.05, 3.63) is 59.7 Å². The van der Waals surface area contributed by atoms with Gasteiger partial charge in [-0.1, -0.05) is 45.0 Å². The van der Waals surface area contributed by atoms with Crippen molar-refractivity contribution in [3.8, 4) is 6.07 Å². The van der Waals surface area contributed by atoms with Crippen LogP contribution in [0.2, 0.25) is 0 Å². The summed E-state index contributed by atoms with van der Waals surface area (Å²) in [6.45, 7) is 6.42. The van der Waals surface area contributed by atoms with Gasteiger partial charge < -0.3 is 10.6 Å². The molecule has 2 aromatic carbocycles. The van der Waals surface area contributed by atoms with E-state index in [1.54, 1.807) is 24.3 Å². The van der Waals surface area contributed by atoms with E-state index in [4.69, 9.17) is 5.26 Å². The van der Waals surface area contributed by atoms with Gasteiger partial charge in [0.15, 0.2) is 0 Å². The molecule has 2 amide bonds. The van der Waals surface area contributed by atoms with Crippen molar-refractivity contribution in [2.75, 3.05) is 10.6 Å². The van der Waals surface area contributed by atoms with Crippen LogP contribution in [-0.4, -0.2) is 6.03 Å². The van der Waals surface area contributed by atoms with Gasteiger partial charge >= 0.3 is 6.03 Å². The molecule has 0 aliphatic heterocycles. The highest BCUT2D eigenvalue weighted by molar-refractivity contribution is 6.00. The Morgan fingerprint density at radius 1 is 1.00 bits per heavy atom. The quantitative estimate of drug-likeness (QED) is 0.856. The van der Waals surface area contributed by atoms with Crippen molar-refractivity contribution in [2.45, 2.75) is 26.2 Å². The summed E-state index contributed by atoms with van der Waals surface area (Å²) in [4.78, 5) is 12.0. The molecule has 0 saturated heterocycles. The number of hydrogen-bond donors (Lipinski definition) is 2. The summed E-state index contributed by atoms with van der Waals surface area (Å²) in [7, 11) is 0. The lowest BCUT2D eigenvalue weighted by Gasteiger charge is -2.19. The summed E-state index contributed by atoms with van der Waals surface area (Å²) in [6, 6.07) is 16.3. The van der Waals surface area contributed by atoms with Crippen molar-refractivity contribution in [3.63, 3.8) is 0 Å². The van der Waals surface area contributed by atoms with E-state index in [2.05, 4.69) is 31.4 Å². The zero-order valence-electron chi connectivity index (χ0n) is 13.0. The van der Waals surface area contributed by atoms with E-state index in [1.165, 1.54) is 5.56 Å². The van der Waals surface area contributed by atoms with E-state index in [-0.39, 0.29) is 11.4 Å². The minimum absolute atomic E-state index is 0.0759. The van der Waals surface area contributed by atoms with Gasteiger partial charge in [0.2, 0.25) is 0 Å². The standard InChI is InChI=1S/C18H19N3O/c1-18(2,3)14-8-10-15(11-9-14)20-17(22)21-16-7-5-4-6-13(16)12-19/h4-11H,1-3H3,(H2,20,21,22). The van der Waals surface area contributed by atoms with Crippen molar-refractivity contribution in [2.24, 2.45) is 0 Å². The summed E-state index contributed by atoms with van der Waals surface area (Å²) in [5.41, 5.74) is 2.91. The Bertz CT molecular complexity index is 706. The number of amides is 2. The molecule has 0 aliphatic rings. The number of benzene rings is 2. The Labute approximate surface area is 130 Å². The summed E-state index contributed by atoms with van der Waals surface area (Å²) >= 11 is 0. The highest BCUT2D eigenvalue weighted by atomic mass is 16.2. The van der Waals surface area contributed by atoms with Crippen LogP contribution in [-0.2, 0) is 5.41 Å². The molecule has 0 radical (unpaired) electrons. The topological polar surface area (TPSA) is 64.9 Å². The number of nitrogens with one attached hydrogen (secondary N) is 2. The van der Waals surface area contributed by atoms with Crippen molar-refractivity contribution in [1.82, 2.24) is 0 Å². The molecule has 0 atom stereocenters. The molecule has 2 N–H and O–H groups in total. The van der Waals surface area contributed by atoms with Gasteiger partial charge in [0.05, 0.1) is 11.3 Å². The molecule has 2 aromatic rings. The first-order valence-electron chi connectivity index (χ1n) is 7.08. The van der Waals surface area contributed by atoms with Crippen LogP contribution in [0, 0.1) is 11.3 Å². The highest BCUT2D eigenvalue weighted by Crippen LogP contribution is 2.23. The molecule has 22 heavy (non-hydrogen) atoms. The maximum absolute atomic E-state index is 12.0.